The fraction of sp³-hybridized carbons (Fsp3) is 0.500. The van der Waals surface area contributed by atoms with E-state index in [9.17, 15) is 9.59 Å². The van der Waals surface area contributed by atoms with E-state index in [1.165, 1.54) is 4.90 Å². The van der Waals surface area contributed by atoms with Gasteiger partial charge in [-0.25, -0.2) is 0 Å². The Kier molecular flexibility index (Phi) is 4.32. The lowest BCUT2D eigenvalue weighted by atomic mass is 9.98. The van der Waals surface area contributed by atoms with Gasteiger partial charge in [-0.2, -0.15) is 0 Å². The van der Waals surface area contributed by atoms with Crippen LogP contribution in [0.3, 0.4) is 0 Å². The predicted octanol–water partition coefficient (Wildman–Crippen LogP) is 1.78. The standard InChI is InChI=1S/C16H23N3O2/c1-11-6-7-12(14(20)19(3)4)10-13(11)18-15(21)16(2)8-5-9-17-16/h6-7,10,17H,5,8-9H2,1-4H3,(H,18,21). The minimum atomic E-state index is -0.520. The third kappa shape index (κ3) is 3.24. The monoisotopic (exact) mass is 289 g/mol. The van der Waals surface area contributed by atoms with Crippen LogP contribution in [0.4, 0.5) is 5.69 Å². The lowest BCUT2D eigenvalue weighted by Gasteiger charge is -2.24. The zero-order chi connectivity index (χ0) is 15.6. The Labute approximate surface area is 125 Å². The summed E-state index contributed by atoms with van der Waals surface area (Å²) in [5.41, 5.74) is 1.70. The van der Waals surface area contributed by atoms with E-state index in [1.807, 2.05) is 19.9 Å². The molecule has 0 bridgehead atoms. The van der Waals surface area contributed by atoms with E-state index >= 15 is 0 Å². The van der Waals surface area contributed by atoms with Gasteiger partial charge < -0.3 is 15.5 Å². The molecule has 2 N–H and O–H groups in total. The predicted molar refractivity (Wildman–Crippen MR) is 83.5 cm³/mol. The Balaban J connectivity index is 2.21. The molecule has 0 radical (unpaired) electrons. The van der Waals surface area contributed by atoms with Crippen molar-refractivity contribution in [3.8, 4) is 0 Å². The molecule has 1 aromatic rings. The van der Waals surface area contributed by atoms with E-state index in [2.05, 4.69) is 10.6 Å². The van der Waals surface area contributed by atoms with Gasteiger partial charge in [0, 0.05) is 25.3 Å². The van der Waals surface area contributed by atoms with Crippen molar-refractivity contribution in [3.05, 3.63) is 29.3 Å². The van der Waals surface area contributed by atoms with Crippen molar-refractivity contribution in [3.63, 3.8) is 0 Å². The molecule has 2 amide bonds. The van der Waals surface area contributed by atoms with E-state index in [0.717, 1.165) is 24.9 Å². The van der Waals surface area contributed by atoms with Gasteiger partial charge in [0.25, 0.3) is 5.91 Å². The Morgan fingerprint density at radius 1 is 1.33 bits per heavy atom. The summed E-state index contributed by atoms with van der Waals surface area (Å²) in [6.45, 7) is 4.70. The van der Waals surface area contributed by atoms with Gasteiger partial charge in [0.15, 0.2) is 0 Å². The van der Waals surface area contributed by atoms with Gasteiger partial charge in [0.2, 0.25) is 5.91 Å². The number of rotatable bonds is 3. The summed E-state index contributed by atoms with van der Waals surface area (Å²) < 4.78 is 0. The summed E-state index contributed by atoms with van der Waals surface area (Å²) in [5, 5.41) is 6.20. The first-order valence-electron chi connectivity index (χ1n) is 7.22. The molecule has 5 heteroatoms. The average molecular weight is 289 g/mol. The van der Waals surface area contributed by atoms with Crippen molar-refractivity contribution < 1.29 is 9.59 Å². The molecule has 1 fully saturated rings. The van der Waals surface area contributed by atoms with Crippen molar-refractivity contribution in [1.82, 2.24) is 10.2 Å². The first kappa shape index (κ1) is 15.5. The molecule has 114 valence electrons. The third-order valence-electron chi connectivity index (χ3n) is 4.01. The van der Waals surface area contributed by atoms with Crippen LogP contribution in [0.5, 0.6) is 0 Å². The molecule has 1 saturated heterocycles. The topological polar surface area (TPSA) is 61.4 Å². The van der Waals surface area contributed by atoms with Crippen LogP contribution < -0.4 is 10.6 Å². The highest BCUT2D eigenvalue weighted by Crippen LogP contribution is 2.23. The van der Waals surface area contributed by atoms with Crippen molar-refractivity contribution in [2.75, 3.05) is 26.0 Å². The van der Waals surface area contributed by atoms with E-state index < -0.39 is 5.54 Å². The number of carbonyl (C=O) groups excluding carboxylic acids is 2. The molecule has 5 nitrogen and oxygen atoms in total. The summed E-state index contributed by atoms with van der Waals surface area (Å²) in [6.07, 6.45) is 1.83. The molecule has 0 aromatic heterocycles. The van der Waals surface area contributed by atoms with Gasteiger partial charge >= 0.3 is 0 Å². The maximum absolute atomic E-state index is 12.4. The first-order chi connectivity index (χ1) is 9.83. The number of benzene rings is 1. The number of nitrogens with zero attached hydrogens (tertiary/aromatic N) is 1. The first-order valence-corrected chi connectivity index (χ1v) is 7.22. The van der Waals surface area contributed by atoms with E-state index in [0.29, 0.717) is 11.3 Å². The molecule has 1 aliphatic heterocycles. The number of carbonyl (C=O) groups is 2. The minimum absolute atomic E-state index is 0.0439. The maximum atomic E-state index is 12.4. The number of nitrogens with one attached hydrogen (secondary N) is 2. The van der Waals surface area contributed by atoms with Crippen molar-refractivity contribution in [2.45, 2.75) is 32.2 Å². The molecule has 1 aromatic carbocycles. The van der Waals surface area contributed by atoms with E-state index in [1.54, 1.807) is 26.2 Å². The fourth-order valence-corrected chi connectivity index (χ4v) is 2.50. The van der Waals surface area contributed by atoms with Crippen molar-refractivity contribution in [1.29, 1.82) is 0 Å². The molecule has 21 heavy (non-hydrogen) atoms. The van der Waals surface area contributed by atoms with E-state index in [-0.39, 0.29) is 11.8 Å². The van der Waals surface area contributed by atoms with Crippen LogP contribution in [0.25, 0.3) is 0 Å². The number of aryl methyl sites for hydroxylation is 1. The van der Waals surface area contributed by atoms with Crippen LogP contribution in [0, 0.1) is 6.92 Å². The minimum Gasteiger partial charge on any atom is -0.345 e. The Morgan fingerprint density at radius 3 is 2.62 bits per heavy atom. The average Bonchev–Trinajstić information content (AvgIpc) is 2.88. The number of hydrogen-bond donors (Lipinski definition) is 2. The molecule has 1 unspecified atom stereocenters. The Morgan fingerprint density at radius 2 is 2.05 bits per heavy atom. The molecule has 0 saturated carbocycles. The summed E-state index contributed by atoms with van der Waals surface area (Å²) in [5.74, 6) is -0.117. The molecule has 1 heterocycles. The fourth-order valence-electron chi connectivity index (χ4n) is 2.50. The lowest BCUT2D eigenvalue weighted by molar-refractivity contribution is -0.121. The SMILES string of the molecule is Cc1ccc(C(=O)N(C)C)cc1NC(=O)C1(C)CCCN1. The lowest BCUT2D eigenvalue weighted by Crippen LogP contribution is -2.48. The van der Waals surface area contributed by atoms with Crippen LogP contribution in [0.2, 0.25) is 0 Å². The molecule has 0 spiro atoms. The van der Waals surface area contributed by atoms with Crippen LogP contribution >= 0.6 is 0 Å². The highest BCUT2D eigenvalue weighted by atomic mass is 16.2. The number of anilines is 1. The maximum Gasteiger partial charge on any atom is 0.253 e. The van der Waals surface area contributed by atoms with Gasteiger partial charge in [-0.05, 0) is 50.9 Å². The largest absolute Gasteiger partial charge is 0.345 e. The van der Waals surface area contributed by atoms with Crippen LogP contribution in [0.1, 0.15) is 35.7 Å². The highest BCUT2D eigenvalue weighted by Gasteiger charge is 2.36. The molecule has 1 atom stereocenters. The van der Waals surface area contributed by atoms with Crippen molar-refractivity contribution >= 4 is 17.5 Å². The third-order valence-corrected chi connectivity index (χ3v) is 4.01. The molecule has 0 aliphatic carbocycles. The molecular formula is C16H23N3O2. The highest BCUT2D eigenvalue weighted by molar-refractivity contribution is 6.00. The number of hydrogen-bond acceptors (Lipinski definition) is 3. The molecule has 1 aliphatic rings. The zero-order valence-corrected chi connectivity index (χ0v) is 13.1. The quantitative estimate of drug-likeness (QED) is 0.891. The van der Waals surface area contributed by atoms with Gasteiger partial charge in [-0.3, -0.25) is 9.59 Å². The van der Waals surface area contributed by atoms with Gasteiger partial charge in [-0.15, -0.1) is 0 Å². The summed E-state index contributed by atoms with van der Waals surface area (Å²) in [4.78, 5) is 26.0. The van der Waals surface area contributed by atoms with Gasteiger partial charge in [0.1, 0.15) is 0 Å². The summed E-state index contributed by atoms with van der Waals surface area (Å²) in [6, 6.07) is 5.38. The summed E-state index contributed by atoms with van der Waals surface area (Å²) in [7, 11) is 3.42. The second-order valence-corrected chi connectivity index (χ2v) is 6.05. The second kappa shape index (κ2) is 5.85. The molecule has 2 rings (SSSR count). The normalized spacial score (nSPS) is 21.1. The van der Waals surface area contributed by atoms with Crippen LogP contribution in [-0.2, 0) is 4.79 Å². The van der Waals surface area contributed by atoms with Gasteiger partial charge in [-0.1, -0.05) is 6.07 Å². The molecular weight excluding hydrogens is 266 g/mol. The Hall–Kier alpha value is -1.88. The zero-order valence-electron chi connectivity index (χ0n) is 13.1. The Bertz CT molecular complexity index is 561. The second-order valence-electron chi connectivity index (χ2n) is 6.05. The smallest absolute Gasteiger partial charge is 0.253 e. The number of amides is 2. The van der Waals surface area contributed by atoms with Crippen LogP contribution in [0.15, 0.2) is 18.2 Å². The van der Waals surface area contributed by atoms with Gasteiger partial charge in [0.05, 0.1) is 5.54 Å². The summed E-state index contributed by atoms with van der Waals surface area (Å²) >= 11 is 0. The van der Waals surface area contributed by atoms with Crippen LogP contribution in [-0.4, -0.2) is 42.9 Å². The van der Waals surface area contributed by atoms with Crippen molar-refractivity contribution in [2.24, 2.45) is 0 Å². The van der Waals surface area contributed by atoms with E-state index in [4.69, 9.17) is 0 Å².